The summed E-state index contributed by atoms with van der Waals surface area (Å²) in [5, 5.41) is 14.8. The minimum Gasteiger partial charge on any atom is -0.487 e. The Balaban J connectivity index is 1.34. The van der Waals surface area contributed by atoms with Crippen molar-refractivity contribution in [2.45, 2.75) is 43.9 Å². The maximum atomic E-state index is 14.6. The summed E-state index contributed by atoms with van der Waals surface area (Å²) in [6.07, 6.45) is 2.65. The van der Waals surface area contributed by atoms with E-state index in [1.54, 1.807) is 24.3 Å². The van der Waals surface area contributed by atoms with Gasteiger partial charge in [-0.05, 0) is 80.7 Å². The highest BCUT2D eigenvalue weighted by Crippen LogP contribution is 2.31. The first kappa shape index (κ1) is 23.8. The molecule has 1 aliphatic carbocycles. The predicted octanol–water partition coefficient (Wildman–Crippen LogP) is 4.26. The largest absolute Gasteiger partial charge is 0.487 e. The van der Waals surface area contributed by atoms with E-state index in [0.717, 1.165) is 38.8 Å². The smallest absolute Gasteiger partial charge is 0.296 e. The Hall–Kier alpha value is -2.94. The van der Waals surface area contributed by atoms with Gasteiger partial charge in [0, 0.05) is 17.0 Å². The summed E-state index contributed by atoms with van der Waals surface area (Å²) in [4.78, 5) is 27.8. The van der Waals surface area contributed by atoms with Gasteiger partial charge in [-0.25, -0.2) is 4.39 Å². The zero-order valence-corrected chi connectivity index (χ0v) is 19.8. The molecule has 1 saturated carbocycles. The summed E-state index contributed by atoms with van der Waals surface area (Å²) in [7, 11) is 0. The summed E-state index contributed by atoms with van der Waals surface area (Å²) in [5.74, 6) is -2.33. The number of fused-ring (bicyclic) bond motifs is 1. The number of benzene rings is 2. The molecule has 0 radical (unpaired) electrons. The Morgan fingerprint density at radius 1 is 1.17 bits per heavy atom. The van der Waals surface area contributed by atoms with Crippen molar-refractivity contribution in [2.75, 3.05) is 19.6 Å². The number of halogens is 2. The number of carbonyl (C=O) groups is 2. The SMILES string of the molecule is O=C(N[C@H](CN1CCCC1)[C@H](O)c1ccc(OC2CC2)c(F)c1)C(=O)c1cc2cc(Cl)ccc2o1. The van der Waals surface area contributed by atoms with Crippen LogP contribution in [0.3, 0.4) is 0 Å². The number of nitrogens with one attached hydrogen (secondary N) is 1. The van der Waals surface area contributed by atoms with Crippen LogP contribution in [-0.2, 0) is 4.79 Å². The molecule has 5 rings (SSSR count). The topological polar surface area (TPSA) is 92.0 Å². The Labute approximate surface area is 206 Å². The van der Waals surface area contributed by atoms with Gasteiger partial charge in [-0.3, -0.25) is 9.59 Å². The average molecular weight is 501 g/mol. The van der Waals surface area contributed by atoms with Crippen LogP contribution in [0.2, 0.25) is 5.02 Å². The highest BCUT2D eigenvalue weighted by atomic mass is 35.5. The van der Waals surface area contributed by atoms with Gasteiger partial charge in [0.1, 0.15) is 11.7 Å². The first-order chi connectivity index (χ1) is 16.9. The van der Waals surface area contributed by atoms with Crippen LogP contribution in [0.4, 0.5) is 4.39 Å². The molecule has 2 N–H and O–H groups in total. The van der Waals surface area contributed by atoms with Crippen molar-refractivity contribution in [2.24, 2.45) is 0 Å². The van der Waals surface area contributed by atoms with Gasteiger partial charge in [0.15, 0.2) is 17.3 Å². The minimum absolute atomic E-state index is 0.0442. The average Bonchev–Trinajstić information content (AvgIpc) is 3.32. The fourth-order valence-electron chi connectivity index (χ4n) is 4.33. The van der Waals surface area contributed by atoms with Gasteiger partial charge in [0.2, 0.25) is 0 Å². The number of ether oxygens (including phenoxy) is 1. The number of amides is 1. The van der Waals surface area contributed by atoms with E-state index < -0.39 is 29.7 Å². The van der Waals surface area contributed by atoms with E-state index in [2.05, 4.69) is 10.2 Å². The summed E-state index contributed by atoms with van der Waals surface area (Å²) in [6, 6.07) is 9.81. The van der Waals surface area contributed by atoms with Gasteiger partial charge >= 0.3 is 0 Å². The van der Waals surface area contributed by atoms with Gasteiger partial charge in [0.25, 0.3) is 11.7 Å². The molecule has 1 aromatic heterocycles. The quantitative estimate of drug-likeness (QED) is 0.337. The van der Waals surface area contributed by atoms with Gasteiger partial charge in [-0.2, -0.15) is 0 Å². The normalized spacial score (nSPS) is 17.9. The Kier molecular flexibility index (Phi) is 6.77. The number of likely N-dealkylation sites (tertiary alicyclic amines) is 1. The van der Waals surface area contributed by atoms with Crippen molar-refractivity contribution in [1.29, 1.82) is 0 Å². The zero-order chi connectivity index (χ0) is 24.5. The number of ketones is 1. The molecule has 2 aliphatic rings. The maximum absolute atomic E-state index is 14.6. The monoisotopic (exact) mass is 500 g/mol. The van der Waals surface area contributed by atoms with Gasteiger partial charge in [-0.1, -0.05) is 17.7 Å². The summed E-state index contributed by atoms with van der Waals surface area (Å²) >= 11 is 5.99. The van der Waals surface area contributed by atoms with E-state index in [9.17, 15) is 19.1 Å². The molecule has 7 nitrogen and oxygen atoms in total. The highest BCUT2D eigenvalue weighted by molar-refractivity contribution is 6.42. The van der Waals surface area contributed by atoms with Crippen LogP contribution in [-0.4, -0.2) is 53.5 Å². The van der Waals surface area contributed by atoms with Crippen LogP contribution in [0.15, 0.2) is 46.9 Å². The first-order valence-corrected chi connectivity index (χ1v) is 12.2. The number of Topliss-reactive ketones (excluding diaryl/α,β-unsaturated/α-hetero) is 1. The number of furan rings is 1. The van der Waals surface area contributed by atoms with E-state index in [4.69, 9.17) is 20.8 Å². The lowest BCUT2D eigenvalue weighted by Crippen LogP contribution is -2.48. The Morgan fingerprint density at radius 3 is 2.66 bits per heavy atom. The van der Waals surface area contributed by atoms with Crippen molar-refractivity contribution < 1.29 is 28.2 Å². The molecule has 2 aromatic carbocycles. The molecule has 2 fully saturated rings. The van der Waals surface area contributed by atoms with Crippen molar-refractivity contribution in [3.63, 3.8) is 0 Å². The molecule has 184 valence electrons. The van der Waals surface area contributed by atoms with E-state index in [1.807, 2.05) is 0 Å². The predicted molar refractivity (Wildman–Crippen MR) is 128 cm³/mol. The summed E-state index contributed by atoms with van der Waals surface area (Å²) < 4.78 is 25.7. The van der Waals surface area contributed by atoms with Crippen molar-refractivity contribution in [1.82, 2.24) is 10.2 Å². The van der Waals surface area contributed by atoms with Crippen molar-refractivity contribution in [3.05, 3.63) is 64.6 Å². The molecule has 0 unspecified atom stereocenters. The summed E-state index contributed by atoms with van der Waals surface area (Å²) in [6.45, 7) is 1.96. The number of nitrogens with zero attached hydrogens (tertiary/aromatic N) is 1. The van der Waals surface area contributed by atoms with Gasteiger partial charge in [0.05, 0.1) is 12.1 Å². The third-order valence-electron chi connectivity index (χ3n) is 6.38. The van der Waals surface area contributed by atoms with Crippen LogP contribution in [0.5, 0.6) is 5.75 Å². The molecule has 1 amide bonds. The first-order valence-electron chi connectivity index (χ1n) is 11.8. The van der Waals surface area contributed by atoms with Gasteiger partial charge in [-0.15, -0.1) is 0 Å². The Bertz CT molecular complexity index is 1250. The molecule has 35 heavy (non-hydrogen) atoms. The number of carbonyl (C=O) groups excluding carboxylic acids is 2. The summed E-state index contributed by atoms with van der Waals surface area (Å²) in [5.41, 5.74) is 0.726. The van der Waals surface area contributed by atoms with Crippen LogP contribution >= 0.6 is 11.6 Å². The maximum Gasteiger partial charge on any atom is 0.296 e. The second kappa shape index (κ2) is 9.97. The molecule has 0 bridgehead atoms. The van der Waals surface area contributed by atoms with E-state index in [0.29, 0.717) is 28.1 Å². The molecule has 2 atom stereocenters. The number of aliphatic hydroxyl groups excluding tert-OH is 1. The van der Waals surface area contributed by atoms with E-state index >= 15 is 0 Å². The minimum atomic E-state index is -1.23. The second-order valence-electron chi connectivity index (χ2n) is 9.16. The van der Waals surface area contributed by atoms with Crippen LogP contribution in [0.25, 0.3) is 11.0 Å². The van der Waals surface area contributed by atoms with Crippen LogP contribution < -0.4 is 10.1 Å². The lowest BCUT2D eigenvalue weighted by atomic mass is 10.0. The highest BCUT2D eigenvalue weighted by Gasteiger charge is 2.31. The van der Waals surface area contributed by atoms with Crippen molar-refractivity contribution >= 4 is 34.3 Å². The molecular weight excluding hydrogens is 475 g/mol. The standard InChI is InChI=1S/C26H26ClFN2O5/c27-17-4-8-21-16(11-17)13-23(35-21)25(32)26(33)29-20(14-30-9-1-2-10-30)24(31)15-3-7-22(19(28)12-15)34-18-5-6-18/h3-4,7-8,11-13,18,20,24,31H,1-2,5-6,9-10,14H2,(H,29,33)/t20-,24-/m1/s1. The number of aliphatic hydroxyl groups is 1. The third kappa shape index (κ3) is 5.50. The van der Waals surface area contributed by atoms with E-state index in [-0.39, 0.29) is 17.6 Å². The molecular formula is C26H26ClFN2O5. The van der Waals surface area contributed by atoms with E-state index in [1.165, 1.54) is 18.2 Å². The van der Waals surface area contributed by atoms with Crippen molar-refractivity contribution in [3.8, 4) is 5.75 Å². The molecule has 0 spiro atoms. The number of rotatable bonds is 9. The Morgan fingerprint density at radius 2 is 1.94 bits per heavy atom. The molecule has 1 aliphatic heterocycles. The third-order valence-corrected chi connectivity index (χ3v) is 6.61. The fraction of sp³-hybridized carbons (Fsp3) is 0.385. The molecule has 1 saturated heterocycles. The number of hydrogen-bond acceptors (Lipinski definition) is 6. The van der Waals surface area contributed by atoms with Crippen LogP contribution in [0, 0.1) is 5.82 Å². The molecule has 9 heteroatoms. The molecule has 3 aromatic rings. The molecule has 2 heterocycles. The lowest BCUT2D eigenvalue weighted by molar-refractivity contribution is -0.118. The number of hydrogen-bond donors (Lipinski definition) is 2. The fourth-order valence-corrected chi connectivity index (χ4v) is 4.51. The van der Waals surface area contributed by atoms with Crippen LogP contribution in [0.1, 0.15) is 47.9 Å². The zero-order valence-electron chi connectivity index (χ0n) is 19.0. The second-order valence-corrected chi connectivity index (χ2v) is 9.60. The van der Waals surface area contributed by atoms with Gasteiger partial charge < -0.3 is 24.5 Å². The lowest BCUT2D eigenvalue weighted by Gasteiger charge is -2.28.